The van der Waals surface area contributed by atoms with Crippen molar-refractivity contribution >= 4 is 58.4 Å². The number of hydrogen-bond acceptors (Lipinski definition) is 7. The smallest absolute Gasteiger partial charge is 0.319 e. The van der Waals surface area contributed by atoms with Crippen LogP contribution in [0.4, 0.5) is 5.69 Å². The first-order valence-electron chi connectivity index (χ1n) is 11.3. The van der Waals surface area contributed by atoms with Crippen molar-refractivity contribution in [3.8, 4) is 11.8 Å². The van der Waals surface area contributed by atoms with Crippen molar-refractivity contribution in [1.82, 2.24) is 5.32 Å². The average molecular weight is 562 g/mol. The average Bonchev–Trinajstić information content (AvgIpc) is 2.86. The van der Waals surface area contributed by atoms with Crippen molar-refractivity contribution in [2.24, 2.45) is 5.92 Å². The van der Waals surface area contributed by atoms with Gasteiger partial charge in [0.2, 0.25) is 11.8 Å². The number of esters is 1. The molecule has 2 aromatic carbocycles. The van der Waals surface area contributed by atoms with Crippen molar-refractivity contribution in [2.45, 2.75) is 26.7 Å². The SMILES string of the molecule is CCOc1c(Cl)cc([C@@H]2C(C#N)=C(SCC(=O)Nc3cc(C)ccc3C)NC(=O)[C@@H]2C(=O)OC)cc1Cl. The minimum absolute atomic E-state index is 0.0795. The van der Waals surface area contributed by atoms with Gasteiger partial charge in [-0.05, 0) is 55.7 Å². The second-order valence-electron chi connectivity index (χ2n) is 8.22. The molecule has 0 aliphatic carbocycles. The molecule has 2 amide bonds. The summed E-state index contributed by atoms with van der Waals surface area (Å²) in [6, 6.07) is 10.8. The summed E-state index contributed by atoms with van der Waals surface area (Å²) in [7, 11) is 1.16. The third-order valence-corrected chi connectivity index (χ3v) is 7.25. The van der Waals surface area contributed by atoms with Gasteiger partial charge in [0.25, 0.3) is 0 Å². The number of thioether (sulfide) groups is 1. The van der Waals surface area contributed by atoms with E-state index in [-0.39, 0.29) is 38.1 Å². The fourth-order valence-electron chi connectivity index (χ4n) is 3.92. The van der Waals surface area contributed by atoms with E-state index >= 15 is 0 Å². The largest absolute Gasteiger partial charge is 0.491 e. The lowest BCUT2D eigenvalue weighted by Crippen LogP contribution is -2.44. The summed E-state index contributed by atoms with van der Waals surface area (Å²) in [4.78, 5) is 38.3. The zero-order valence-corrected chi connectivity index (χ0v) is 22.9. The molecule has 1 heterocycles. The molecule has 3 rings (SSSR count). The van der Waals surface area contributed by atoms with Crippen LogP contribution < -0.4 is 15.4 Å². The Labute approximate surface area is 229 Å². The highest BCUT2D eigenvalue weighted by atomic mass is 35.5. The van der Waals surface area contributed by atoms with E-state index in [9.17, 15) is 19.6 Å². The highest BCUT2D eigenvalue weighted by molar-refractivity contribution is 8.03. The van der Waals surface area contributed by atoms with Gasteiger partial charge in [0, 0.05) is 11.6 Å². The Balaban J connectivity index is 1.97. The Hall–Kier alpha value is -3.19. The van der Waals surface area contributed by atoms with E-state index < -0.39 is 23.7 Å². The fraction of sp³-hybridized carbons (Fsp3) is 0.308. The predicted octanol–water partition coefficient (Wildman–Crippen LogP) is 5.12. The lowest BCUT2D eigenvalue weighted by molar-refractivity contribution is -0.150. The number of anilines is 1. The van der Waals surface area contributed by atoms with Crippen LogP contribution in [0, 0.1) is 31.1 Å². The maximum Gasteiger partial charge on any atom is 0.319 e. The van der Waals surface area contributed by atoms with Crippen LogP contribution in [0.15, 0.2) is 40.9 Å². The molecule has 0 radical (unpaired) electrons. The van der Waals surface area contributed by atoms with Crippen LogP contribution in [0.25, 0.3) is 0 Å². The van der Waals surface area contributed by atoms with Gasteiger partial charge in [0.05, 0.1) is 46.2 Å². The van der Waals surface area contributed by atoms with E-state index in [0.717, 1.165) is 30.0 Å². The number of carbonyl (C=O) groups excluding carboxylic acids is 3. The first-order chi connectivity index (χ1) is 17.6. The highest BCUT2D eigenvalue weighted by Crippen LogP contribution is 2.44. The number of aryl methyl sites for hydroxylation is 2. The molecule has 0 unspecified atom stereocenters. The Kier molecular flexibility index (Phi) is 9.49. The van der Waals surface area contributed by atoms with Crippen molar-refractivity contribution in [3.63, 3.8) is 0 Å². The number of halogens is 2. The molecule has 0 aromatic heterocycles. The number of hydrogen-bond donors (Lipinski definition) is 2. The molecule has 11 heteroatoms. The van der Waals surface area contributed by atoms with Gasteiger partial charge in [-0.1, -0.05) is 47.1 Å². The van der Waals surface area contributed by atoms with Crippen LogP contribution in [0.5, 0.6) is 5.75 Å². The van der Waals surface area contributed by atoms with E-state index in [1.54, 1.807) is 6.92 Å². The van der Waals surface area contributed by atoms with Gasteiger partial charge in [-0.3, -0.25) is 14.4 Å². The Morgan fingerprint density at radius 3 is 2.46 bits per heavy atom. The number of carbonyl (C=O) groups is 3. The van der Waals surface area contributed by atoms with Gasteiger partial charge >= 0.3 is 5.97 Å². The molecule has 0 bridgehead atoms. The predicted molar refractivity (Wildman–Crippen MR) is 144 cm³/mol. The topological polar surface area (TPSA) is 118 Å². The van der Waals surface area contributed by atoms with Crippen LogP contribution in [0.3, 0.4) is 0 Å². The second kappa shape index (κ2) is 12.4. The quantitative estimate of drug-likeness (QED) is 0.339. The summed E-state index contributed by atoms with van der Waals surface area (Å²) >= 11 is 13.7. The van der Waals surface area contributed by atoms with E-state index in [4.69, 9.17) is 32.7 Å². The molecule has 2 aromatic rings. The number of methoxy groups -OCH3 is 1. The summed E-state index contributed by atoms with van der Waals surface area (Å²) in [5.74, 6) is -4.06. The van der Waals surface area contributed by atoms with Crippen molar-refractivity contribution in [2.75, 3.05) is 24.8 Å². The monoisotopic (exact) mass is 561 g/mol. The van der Waals surface area contributed by atoms with Crippen molar-refractivity contribution in [3.05, 3.63) is 67.7 Å². The molecule has 8 nitrogen and oxygen atoms in total. The molecule has 2 atom stereocenters. The summed E-state index contributed by atoms with van der Waals surface area (Å²) in [6.45, 7) is 5.90. The van der Waals surface area contributed by atoms with Crippen LogP contribution in [0.1, 0.15) is 29.5 Å². The zero-order valence-electron chi connectivity index (χ0n) is 20.6. The summed E-state index contributed by atoms with van der Waals surface area (Å²) in [6.07, 6.45) is 0. The fourth-order valence-corrected chi connectivity index (χ4v) is 5.38. The van der Waals surface area contributed by atoms with Gasteiger partial charge in [-0.2, -0.15) is 5.26 Å². The van der Waals surface area contributed by atoms with Gasteiger partial charge in [0.15, 0.2) is 5.75 Å². The normalized spacial score (nSPS) is 17.1. The maximum atomic E-state index is 13.0. The summed E-state index contributed by atoms with van der Waals surface area (Å²) in [5.41, 5.74) is 3.01. The Morgan fingerprint density at radius 1 is 1.19 bits per heavy atom. The second-order valence-corrected chi connectivity index (χ2v) is 10.0. The molecule has 37 heavy (non-hydrogen) atoms. The number of rotatable bonds is 8. The van der Waals surface area contributed by atoms with Gasteiger partial charge in [-0.25, -0.2) is 0 Å². The molecule has 0 fully saturated rings. The summed E-state index contributed by atoms with van der Waals surface area (Å²) in [5, 5.41) is 16.0. The number of ether oxygens (including phenoxy) is 2. The van der Waals surface area contributed by atoms with Crippen LogP contribution in [-0.4, -0.2) is 37.3 Å². The lowest BCUT2D eigenvalue weighted by atomic mass is 9.78. The number of nitrogens with zero attached hydrogens (tertiary/aromatic N) is 1. The molecule has 2 N–H and O–H groups in total. The highest BCUT2D eigenvalue weighted by Gasteiger charge is 2.44. The Bertz CT molecular complexity index is 1300. The molecule has 1 aliphatic rings. The molecule has 0 saturated carbocycles. The summed E-state index contributed by atoms with van der Waals surface area (Å²) < 4.78 is 10.3. The minimum Gasteiger partial charge on any atom is -0.491 e. The number of allylic oxidation sites excluding steroid dienone is 1. The molecular weight excluding hydrogens is 537 g/mol. The van der Waals surface area contributed by atoms with Gasteiger partial charge < -0.3 is 20.1 Å². The van der Waals surface area contributed by atoms with Crippen molar-refractivity contribution < 1.29 is 23.9 Å². The molecule has 1 aliphatic heterocycles. The molecule has 194 valence electrons. The van der Waals surface area contributed by atoms with E-state index in [0.29, 0.717) is 17.9 Å². The first kappa shape index (κ1) is 28.4. The molecule has 0 saturated heterocycles. The minimum atomic E-state index is -1.36. The number of amides is 2. The standard InChI is InChI=1S/C26H25Cl2N3O5S/c1-5-36-23-17(27)9-15(10-18(23)28)21-16(11-29)25(31-24(33)22(21)26(34)35-4)37-12-20(32)30-19-8-13(2)6-7-14(19)3/h6-10,21-22H,5,12H2,1-4H3,(H,30,32)(H,31,33)/t21-,22-/m1/s1. The molecular formula is C26H25Cl2N3O5S. The third kappa shape index (κ3) is 6.39. The maximum absolute atomic E-state index is 13.0. The first-order valence-corrected chi connectivity index (χ1v) is 13.0. The van der Waals surface area contributed by atoms with Crippen LogP contribution in [-0.2, 0) is 19.1 Å². The van der Waals surface area contributed by atoms with Gasteiger partial charge in [0.1, 0.15) is 5.92 Å². The number of nitrogens with one attached hydrogen (secondary N) is 2. The Morgan fingerprint density at radius 2 is 1.86 bits per heavy atom. The van der Waals surface area contributed by atoms with E-state index in [1.807, 2.05) is 32.0 Å². The van der Waals surface area contributed by atoms with E-state index in [1.165, 1.54) is 12.1 Å². The van der Waals surface area contributed by atoms with Crippen LogP contribution in [0.2, 0.25) is 10.0 Å². The van der Waals surface area contributed by atoms with Crippen LogP contribution >= 0.6 is 35.0 Å². The number of nitriles is 1. The number of benzene rings is 2. The van der Waals surface area contributed by atoms with E-state index in [2.05, 4.69) is 16.7 Å². The third-order valence-electron chi connectivity index (χ3n) is 5.67. The molecule has 0 spiro atoms. The lowest BCUT2D eigenvalue weighted by Gasteiger charge is -2.31. The van der Waals surface area contributed by atoms with Gasteiger partial charge in [-0.15, -0.1) is 0 Å². The zero-order chi connectivity index (χ0) is 27.3. The van der Waals surface area contributed by atoms with Crippen molar-refractivity contribution in [1.29, 1.82) is 5.26 Å².